The second-order valence-electron chi connectivity index (χ2n) is 23.2. The average molecular weight is 1030 g/mol. The number of imide groups is 1. The number of halogens is 3. The fourth-order valence-corrected chi connectivity index (χ4v) is 13.6. The van der Waals surface area contributed by atoms with Crippen LogP contribution in [0.3, 0.4) is 0 Å². The van der Waals surface area contributed by atoms with E-state index in [2.05, 4.69) is 49.9 Å². The summed E-state index contributed by atoms with van der Waals surface area (Å²) in [6.45, 7) is 7.12. The zero-order valence-electron chi connectivity index (χ0n) is 43.0. The molecule has 8 aliphatic rings. The number of benzene rings is 1. The number of amides is 5. The monoisotopic (exact) mass is 1030 g/mol. The minimum atomic E-state index is -4.84. The molecular weight excluding hydrogens is 964 g/mol. The first kappa shape index (κ1) is 49.7. The number of pyridine rings is 2. The number of hydrogen-bond acceptors (Lipinski definition) is 11. The number of carbonyl (C=O) groups excluding carboxylic acids is 5. The van der Waals surface area contributed by atoms with Crippen molar-refractivity contribution in [1.29, 1.82) is 0 Å². The Bertz CT molecular complexity index is 2880. The number of hydrogen-bond donors (Lipinski definition) is 2. The van der Waals surface area contributed by atoms with Gasteiger partial charge in [-0.2, -0.15) is 13.2 Å². The molecule has 2 aliphatic carbocycles. The van der Waals surface area contributed by atoms with Crippen molar-refractivity contribution in [3.63, 3.8) is 0 Å². The average Bonchev–Trinajstić information content (AvgIpc) is 4.09. The molecule has 16 nitrogen and oxygen atoms in total. The third kappa shape index (κ3) is 8.81. The first-order valence-corrected chi connectivity index (χ1v) is 27.7. The maximum absolute atomic E-state index is 15.5. The van der Waals surface area contributed by atoms with E-state index in [1.807, 2.05) is 41.6 Å². The topological polar surface area (TPSA) is 169 Å². The van der Waals surface area contributed by atoms with Crippen molar-refractivity contribution in [2.24, 2.45) is 11.3 Å². The molecule has 5 amide bonds. The van der Waals surface area contributed by atoms with Gasteiger partial charge < -0.3 is 34.4 Å². The Morgan fingerprint density at radius 3 is 2.17 bits per heavy atom. The van der Waals surface area contributed by atoms with Crippen LogP contribution in [0, 0.1) is 11.3 Å². The fraction of sp³-hybridized carbons (Fsp3) is 0.607. The van der Waals surface area contributed by atoms with E-state index in [1.165, 1.54) is 29.1 Å². The van der Waals surface area contributed by atoms with Crippen LogP contribution < -0.4 is 20.4 Å². The van der Waals surface area contributed by atoms with E-state index in [9.17, 15) is 19.2 Å². The third-order valence-electron chi connectivity index (χ3n) is 18.4. The van der Waals surface area contributed by atoms with Gasteiger partial charge >= 0.3 is 6.18 Å². The highest BCUT2D eigenvalue weighted by Crippen LogP contribution is 2.54. The van der Waals surface area contributed by atoms with E-state index in [-0.39, 0.29) is 87.1 Å². The van der Waals surface area contributed by atoms with Gasteiger partial charge in [0.2, 0.25) is 29.5 Å². The van der Waals surface area contributed by atoms with Crippen molar-refractivity contribution >= 4 is 57.9 Å². The third-order valence-corrected chi connectivity index (χ3v) is 18.4. The highest BCUT2D eigenvalue weighted by Gasteiger charge is 2.64. The Morgan fingerprint density at radius 2 is 1.52 bits per heavy atom. The summed E-state index contributed by atoms with van der Waals surface area (Å²) < 4.78 is 48.6. The van der Waals surface area contributed by atoms with Crippen LogP contribution in [-0.4, -0.2) is 140 Å². The molecule has 2 N–H and O–H groups in total. The van der Waals surface area contributed by atoms with Gasteiger partial charge in [-0.1, -0.05) is 24.6 Å². The second kappa shape index (κ2) is 19.2. The van der Waals surface area contributed by atoms with Gasteiger partial charge in [-0.25, -0.2) is 15.0 Å². The lowest BCUT2D eigenvalue weighted by Gasteiger charge is -2.49. The number of alkyl halides is 3. The van der Waals surface area contributed by atoms with Gasteiger partial charge in [0.15, 0.2) is 5.82 Å². The molecule has 3 aromatic heterocycles. The standard InChI is InChI=1S/C56H68F3N11O5/c1-34(2)69-33-61-44-31-43(63-49(48(44)69)62-38-8-9-38)36-6-11-42-45(28-36)70(40-29-39(30-40)65-20-4-3-5-21-65)52(74)54(42)16-24-68(25-17-54)53(75)55(56(57,58)59)18-26-67(27-19-55)51(73)35-14-22-66(23-15-35)46-12-7-37(32-60-46)41-10-13-47(71)64-50(41)72/h6-7,11-12,28,31-35,38-41H,3-5,8-10,13-27,29-30H2,1-2H3,(H,62,63)(H,64,71,72). The number of nitrogens with zero attached hydrogens (tertiary/aromatic N) is 9. The zero-order chi connectivity index (χ0) is 52.0. The Kier molecular flexibility index (Phi) is 12.7. The van der Waals surface area contributed by atoms with Crippen LogP contribution in [0.5, 0.6) is 0 Å². The van der Waals surface area contributed by atoms with Crippen LogP contribution in [0.2, 0.25) is 0 Å². The van der Waals surface area contributed by atoms with Crippen molar-refractivity contribution in [2.75, 3.05) is 67.5 Å². The molecule has 4 aromatic rings. The maximum Gasteiger partial charge on any atom is 0.403 e. The number of piperidine rings is 5. The first-order valence-electron chi connectivity index (χ1n) is 27.7. The number of likely N-dealkylation sites (tertiary alicyclic amines) is 3. The van der Waals surface area contributed by atoms with Crippen LogP contribution in [0.15, 0.2) is 48.9 Å². The number of aromatic nitrogens is 4. The van der Waals surface area contributed by atoms with Gasteiger partial charge in [0, 0.05) is 93.2 Å². The molecule has 7 fully saturated rings. The number of anilines is 3. The largest absolute Gasteiger partial charge is 0.403 e. The first-order chi connectivity index (χ1) is 36.1. The normalized spacial score (nSPS) is 25.5. The fourth-order valence-electron chi connectivity index (χ4n) is 13.6. The summed E-state index contributed by atoms with van der Waals surface area (Å²) in [7, 11) is 0. The summed E-state index contributed by atoms with van der Waals surface area (Å²) >= 11 is 0. The zero-order valence-corrected chi connectivity index (χ0v) is 43.0. The van der Waals surface area contributed by atoms with E-state index in [1.54, 1.807) is 6.20 Å². The Morgan fingerprint density at radius 1 is 0.800 bits per heavy atom. The van der Waals surface area contributed by atoms with Crippen LogP contribution in [0.4, 0.5) is 30.5 Å². The van der Waals surface area contributed by atoms with Gasteiger partial charge in [0.05, 0.1) is 28.9 Å². The molecular formula is C56H68F3N11O5. The lowest BCUT2D eigenvalue weighted by Crippen LogP contribution is -2.61. The Labute approximate surface area is 435 Å². The molecule has 0 radical (unpaired) electrons. The molecule has 1 spiro atoms. The molecule has 1 atom stereocenters. The minimum absolute atomic E-state index is 0.0150. The molecule has 75 heavy (non-hydrogen) atoms. The van der Waals surface area contributed by atoms with Crippen molar-refractivity contribution in [1.82, 2.24) is 39.5 Å². The van der Waals surface area contributed by atoms with Crippen LogP contribution >= 0.6 is 0 Å². The highest BCUT2D eigenvalue weighted by atomic mass is 19.4. The predicted molar refractivity (Wildman–Crippen MR) is 276 cm³/mol. The van der Waals surface area contributed by atoms with Crippen LogP contribution in [-0.2, 0) is 29.4 Å². The minimum Gasteiger partial charge on any atom is -0.366 e. The van der Waals surface area contributed by atoms with Gasteiger partial charge in [-0.15, -0.1) is 0 Å². The summed E-state index contributed by atoms with van der Waals surface area (Å²) in [6, 6.07) is 12.8. The number of rotatable bonds is 10. The van der Waals surface area contributed by atoms with Crippen LogP contribution in [0.25, 0.3) is 22.3 Å². The van der Waals surface area contributed by atoms with Crippen molar-refractivity contribution in [3.05, 3.63) is 60.0 Å². The van der Waals surface area contributed by atoms with E-state index >= 15 is 18.0 Å². The van der Waals surface area contributed by atoms with Gasteiger partial charge in [-0.3, -0.25) is 29.3 Å². The molecule has 12 rings (SSSR count). The number of imidazole rings is 1. The summed E-state index contributed by atoms with van der Waals surface area (Å²) in [5, 5.41) is 6.03. The lowest BCUT2D eigenvalue weighted by molar-refractivity contribution is -0.239. The summed E-state index contributed by atoms with van der Waals surface area (Å²) in [5.41, 5.74) is 2.21. The molecule has 9 heterocycles. The summed E-state index contributed by atoms with van der Waals surface area (Å²) in [4.78, 5) is 91.8. The summed E-state index contributed by atoms with van der Waals surface area (Å²) in [6.07, 6.45) is 7.25. The number of carbonyl (C=O) groups is 5. The Balaban J connectivity index is 0.732. The molecule has 6 aliphatic heterocycles. The van der Waals surface area contributed by atoms with E-state index < -0.39 is 41.7 Å². The van der Waals surface area contributed by atoms with Gasteiger partial charge in [0.1, 0.15) is 16.7 Å². The lowest BCUT2D eigenvalue weighted by atomic mass is 9.71. The molecule has 398 valence electrons. The van der Waals surface area contributed by atoms with E-state index in [0.717, 1.165) is 83.7 Å². The molecule has 2 saturated carbocycles. The SMILES string of the molecule is CC(C)n1cnc2cc(-c3ccc4c(c3)N(C3CC(N5CCCCC5)C3)C(=O)C43CCN(C(=O)C4(C(F)(F)F)CCN(C(=O)C5CCN(c6ccc(C7CCC(=O)NC7=O)cn6)CC5)CC4)CC3)nc(NC3CC3)c21. The highest BCUT2D eigenvalue weighted by molar-refractivity contribution is 6.09. The van der Waals surface area contributed by atoms with E-state index in [0.29, 0.717) is 50.3 Å². The molecule has 1 aromatic carbocycles. The quantitative estimate of drug-likeness (QED) is 0.151. The van der Waals surface area contributed by atoms with E-state index in [4.69, 9.17) is 9.97 Å². The Hall–Kier alpha value is -6.11. The molecule has 0 bridgehead atoms. The smallest absolute Gasteiger partial charge is 0.366 e. The van der Waals surface area contributed by atoms with Gasteiger partial charge in [-0.05, 0) is 140 Å². The number of fused-ring (bicyclic) bond motifs is 3. The van der Waals surface area contributed by atoms with Crippen molar-refractivity contribution in [2.45, 2.75) is 152 Å². The molecule has 5 saturated heterocycles. The molecule has 19 heteroatoms. The second-order valence-corrected chi connectivity index (χ2v) is 23.2. The van der Waals surface area contributed by atoms with Gasteiger partial charge in [0.25, 0.3) is 0 Å². The summed E-state index contributed by atoms with van der Waals surface area (Å²) in [5.74, 6) is -1.10. The molecule has 1 unspecified atom stereocenters. The van der Waals surface area contributed by atoms with Crippen molar-refractivity contribution < 1.29 is 37.1 Å². The number of nitrogens with one attached hydrogen (secondary N) is 2. The maximum atomic E-state index is 15.5. The van der Waals surface area contributed by atoms with Crippen LogP contribution in [0.1, 0.15) is 133 Å². The van der Waals surface area contributed by atoms with Crippen molar-refractivity contribution in [3.8, 4) is 11.3 Å². The predicted octanol–water partition coefficient (Wildman–Crippen LogP) is 7.48.